The van der Waals surface area contributed by atoms with Crippen molar-refractivity contribution in [2.75, 3.05) is 26.4 Å². The number of thioether (sulfide) groups is 1. The monoisotopic (exact) mass is 333 g/mol. The Bertz CT molecular complexity index is 404. The number of ketones is 1. The van der Waals surface area contributed by atoms with E-state index in [2.05, 4.69) is 39.8 Å². The summed E-state index contributed by atoms with van der Waals surface area (Å²) in [7, 11) is 4.02. The van der Waals surface area contributed by atoms with E-state index in [1.807, 2.05) is 14.1 Å². The molecule has 4 nitrogen and oxygen atoms in total. The van der Waals surface area contributed by atoms with E-state index < -0.39 is 0 Å². The first-order valence-electron chi connectivity index (χ1n) is 5.92. The zero-order chi connectivity index (χ0) is 13.7. The van der Waals surface area contributed by atoms with Gasteiger partial charge in [0.05, 0.1) is 23.0 Å². The minimum atomic E-state index is 0.136. The molecule has 0 atom stereocenters. The van der Waals surface area contributed by atoms with Gasteiger partial charge in [-0.1, -0.05) is 13.8 Å². The minimum absolute atomic E-state index is 0.136. The third-order valence-corrected chi connectivity index (χ3v) is 4.04. The summed E-state index contributed by atoms with van der Waals surface area (Å²) in [6.45, 7) is 5.78. The summed E-state index contributed by atoms with van der Waals surface area (Å²) >= 11 is 5.06. The van der Waals surface area contributed by atoms with Crippen LogP contribution in [0.25, 0.3) is 0 Å². The Morgan fingerprint density at radius 2 is 2.22 bits per heavy atom. The van der Waals surface area contributed by atoms with Crippen LogP contribution in [-0.4, -0.2) is 52.1 Å². The topological polar surface area (TPSA) is 38.1 Å². The second kappa shape index (κ2) is 7.31. The highest BCUT2D eigenvalue weighted by Gasteiger charge is 2.17. The van der Waals surface area contributed by atoms with Crippen molar-refractivity contribution in [1.82, 2.24) is 14.7 Å². The van der Waals surface area contributed by atoms with Crippen molar-refractivity contribution in [2.45, 2.75) is 25.6 Å². The highest BCUT2D eigenvalue weighted by atomic mass is 79.9. The van der Waals surface area contributed by atoms with Gasteiger partial charge in [-0.15, -0.1) is 0 Å². The molecule has 6 heteroatoms. The Balaban J connectivity index is 2.73. The van der Waals surface area contributed by atoms with Crippen molar-refractivity contribution in [1.29, 1.82) is 0 Å². The maximum Gasteiger partial charge on any atom is 0.191 e. The Hall–Kier alpha value is -0.330. The lowest BCUT2D eigenvalue weighted by Crippen LogP contribution is -2.22. The van der Waals surface area contributed by atoms with E-state index in [9.17, 15) is 4.79 Å². The van der Waals surface area contributed by atoms with Gasteiger partial charge in [0.1, 0.15) is 5.69 Å². The number of hydrogen-bond donors (Lipinski definition) is 0. The first-order chi connectivity index (χ1) is 8.41. The van der Waals surface area contributed by atoms with Crippen molar-refractivity contribution in [3.05, 3.63) is 16.4 Å². The number of likely N-dealkylation sites (N-methyl/N-ethyl adjacent to an activating group) is 1. The van der Waals surface area contributed by atoms with Crippen LogP contribution in [-0.2, 0) is 6.54 Å². The zero-order valence-corrected chi connectivity index (χ0v) is 13.7. The summed E-state index contributed by atoms with van der Waals surface area (Å²) in [4.78, 5) is 14.2. The number of halogens is 1. The third-order valence-electron chi connectivity index (χ3n) is 2.37. The van der Waals surface area contributed by atoms with Gasteiger partial charge in [0, 0.05) is 6.54 Å². The standard InChI is InChI=1S/C12H20BrN3OS/c1-9(2)18-8-11(17)12-10(13)7-14-16(12)6-5-15(3)4/h7,9H,5-6,8H2,1-4H3. The molecule has 0 aromatic carbocycles. The van der Waals surface area contributed by atoms with E-state index in [1.54, 1.807) is 22.6 Å². The van der Waals surface area contributed by atoms with Gasteiger partial charge in [0.25, 0.3) is 0 Å². The average molecular weight is 334 g/mol. The molecule has 0 saturated carbocycles. The predicted molar refractivity (Wildman–Crippen MR) is 80.4 cm³/mol. The van der Waals surface area contributed by atoms with Crippen molar-refractivity contribution < 1.29 is 4.79 Å². The first-order valence-corrected chi connectivity index (χ1v) is 7.76. The van der Waals surface area contributed by atoms with Crippen LogP contribution in [0.5, 0.6) is 0 Å². The summed E-state index contributed by atoms with van der Waals surface area (Å²) in [5, 5.41) is 4.71. The molecular formula is C12H20BrN3OS. The molecule has 0 spiro atoms. The average Bonchev–Trinajstić information content (AvgIpc) is 2.64. The molecule has 1 aromatic rings. The molecule has 0 radical (unpaired) electrons. The summed E-state index contributed by atoms with van der Waals surface area (Å²) in [5.41, 5.74) is 0.685. The van der Waals surface area contributed by atoms with Gasteiger partial charge in [-0.25, -0.2) is 0 Å². The van der Waals surface area contributed by atoms with Gasteiger partial charge in [-0.3, -0.25) is 9.48 Å². The van der Waals surface area contributed by atoms with Crippen LogP contribution in [0, 0.1) is 0 Å². The molecule has 1 heterocycles. The SMILES string of the molecule is CC(C)SCC(=O)c1c(Br)cnn1CCN(C)C. The summed E-state index contributed by atoms with van der Waals surface area (Å²) in [6.07, 6.45) is 1.70. The molecule has 0 bridgehead atoms. The molecule has 0 amide bonds. The van der Waals surface area contributed by atoms with Crippen molar-refractivity contribution in [3.63, 3.8) is 0 Å². The molecule has 102 valence electrons. The number of nitrogens with zero attached hydrogens (tertiary/aromatic N) is 3. The van der Waals surface area contributed by atoms with Gasteiger partial charge >= 0.3 is 0 Å². The van der Waals surface area contributed by atoms with Crippen LogP contribution in [0.3, 0.4) is 0 Å². The largest absolute Gasteiger partial charge is 0.308 e. The smallest absolute Gasteiger partial charge is 0.191 e. The molecule has 0 aliphatic rings. The second-order valence-corrected chi connectivity index (χ2v) is 7.07. The third kappa shape index (κ3) is 4.74. The highest BCUT2D eigenvalue weighted by molar-refractivity contribution is 9.10. The Morgan fingerprint density at radius 1 is 1.56 bits per heavy atom. The van der Waals surface area contributed by atoms with Crippen LogP contribution < -0.4 is 0 Å². The molecular weight excluding hydrogens is 314 g/mol. The first kappa shape index (κ1) is 15.7. The predicted octanol–water partition coefficient (Wildman–Crippen LogP) is 2.53. The van der Waals surface area contributed by atoms with E-state index in [-0.39, 0.29) is 5.78 Å². The number of carbonyl (C=O) groups is 1. The van der Waals surface area contributed by atoms with Crippen LogP contribution in [0.15, 0.2) is 10.7 Å². The fraction of sp³-hybridized carbons (Fsp3) is 0.667. The van der Waals surface area contributed by atoms with Gasteiger partial charge in [0.2, 0.25) is 0 Å². The molecule has 0 saturated heterocycles. The quantitative estimate of drug-likeness (QED) is 0.718. The van der Waals surface area contributed by atoms with Gasteiger partial charge in [-0.2, -0.15) is 16.9 Å². The van der Waals surface area contributed by atoms with Gasteiger partial charge in [-0.05, 0) is 35.3 Å². The summed E-state index contributed by atoms with van der Waals surface area (Å²) < 4.78 is 2.57. The van der Waals surface area contributed by atoms with Crippen LogP contribution in [0.1, 0.15) is 24.3 Å². The summed E-state index contributed by atoms with van der Waals surface area (Å²) in [5.74, 6) is 0.640. The Labute approximate surface area is 121 Å². The number of aromatic nitrogens is 2. The van der Waals surface area contributed by atoms with Gasteiger partial charge in [0.15, 0.2) is 5.78 Å². The van der Waals surface area contributed by atoms with E-state index >= 15 is 0 Å². The molecule has 1 aromatic heterocycles. The lowest BCUT2D eigenvalue weighted by Gasteiger charge is -2.12. The molecule has 0 aliphatic carbocycles. The fourth-order valence-corrected chi connectivity index (χ4v) is 2.55. The fourth-order valence-electron chi connectivity index (χ4n) is 1.41. The highest BCUT2D eigenvalue weighted by Crippen LogP contribution is 2.19. The van der Waals surface area contributed by atoms with Crippen molar-refractivity contribution in [2.24, 2.45) is 0 Å². The van der Waals surface area contributed by atoms with Crippen LogP contribution in [0.4, 0.5) is 0 Å². The van der Waals surface area contributed by atoms with E-state index in [0.717, 1.165) is 17.6 Å². The number of rotatable bonds is 7. The van der Waals surface area contributed by atoms with Crippen molar-refractivity contribution in [3.8, 4) is 0 Å². The number of Topliss-reactive ketones (excluding diaryl/α,β-unsaturated/α-hetero) is 1. The maximum atomic E-state index is 12.2. The number of carbonyl (C=O) groups excluding carboxylic acids is 1. The van der Waals surface area contributed by atoms with Gasteiger partial charge < -0.3 is 4.90 Å². The molecule has 18 heavy (non-hydrogen) atoms. The lowest BCUT2D eigenvalue weighted by atomic mass is 10.3. The second-order valence-electron chi connectivity index (χ2n) is 4.65. The Morgan fingerprint density at radius 3 is 2.78 bits per heavy atom. The molecule has 0 aliphatic heterocycles. The molecule has 0 fully saturated rings. The zero-order valence-electron chi connectivity index (χ0n) is 11.3. The molecule has 0 N–H and O–H groups in total. The molecule has 1 rings (SSSR count). The lowest BCUT2D eigenvalue weighted by molar-refractivity contribution is 0.101. The van der Waals surface area contributed by atoms with E-state index in [1.165, 1.54) is 0 Å². The summed E-state index contributed by atoms with van der Waals surface area (Å²) in [6, 6.07) is 0. The Kier molecular flexibility index (Phi) is 6.38. The van der Waals surface area contributed by atoms with E-state index in [4.69, 9.17) is 0 Å². The van der Waals surface area contributed by atoms with E-state index in [0.29, 0.717) is 16.7 Å². The normalized spacial score (nSPS) is 11.5. The van der Waals surface area contributed by atoms with Crippen LogP contribution in [0.2, 0.25) is 0 Å². The van der Waals surface area contributed by atoms with Crippen molar-refractivity contribution >= 4 is 33.5 Å². The molecule has 0 unspecified atom stereocenters. The number of hydrogen-bond acceptors (Lipinski definition) is 4. The maximum absolute atomic E-state index is 12.2. The minimum Gasteiger partial charge on any atom is -0.308 e. The van der Waals surface area contributed by atoms with Crippen LogP contribution >= 0.6 is 27.7 Å².